The molecule has 1 aromatic heterocycles. The molecule has 0 atom stereocenters. The van der Waals surface area contributed by atoms with Crippen molar-refractivity contribution in [1.82, 2.24) is 4.98 Å². The normalized spacial score (nSPS) is 10.4. The zero-order valence-electron chi connectivity index (χ0n) is 14.6. The lowest BCUT2D eigenvalue weighted by molar-refractivity contribution is -0.115. The fourth-order valence-electron chi connectivity index (χ4n) is 2.55. The quantitative estimate of drug-likeness (QED) is 0.621. The van der Waals surface area contributed by atoms with Crippen molar-refractivity contribution in [2.75, 3.05) is 17.2 Å². The van der Waals surface area contributed by atoms with Crippen LogP contribution in [0.15, 0.2) is 66.9 Å². The Bertz CT molecular complexity index is 881. The van der Waals surface area contributed by atoms with Crippen LogP contribution in [0.3, 0.4) is 0 Å². The molecule has 0 saturated carbocycles. The molecule has 0 unspecified atom stereocenters. The fraction of sp³-hybridized carbons (Fsp3) is 0.143. The van der Waals surface area contributed by atoms with E-state index in [4.69, 9.17) is 11.6 Å². The zero-order chi connectivity index (χ0) is 19.1. The smallest absolute Gasteiger partial charge is 0.229 e. The standard InChI is InChI=1S/C21H19ClFN3O/c22-17-5-1-15(2-6-17)11-12-24-19-9-10-20(25-14-19)26-21(27)13-16-3-7-18(23)8-4-16/h1-10,14,24H,11-13H2,(H,25,26,27). The number of halogens is 2. The van der Waals surface area contributed by atoms with Gasteiger partial charge in [-0.3, -0.25) is 4.79 Å². The van der Waals surface area contributed by atoms with Crippen LogP contribution in [0.25, 0.3) is 0 Å². The van der Waals surface area contributed by atoms with Crippen molar-refractivity contribution >= 4 is 29.0 Å². The second-order valence-electron chi connectivity index (χ2n) is 6.09. The van der Waals surface area contributed by atoms with Crippen LogP contribution in [-0.4, -0.2) is 17.4 Å². The van der Waals surface area contributed by atoms with E-state index in [1.54, 1.807) is 24.4 Å². The minimum Gasteiger partial charge on any atom is -0.383 e. The Morgan fingerprint density at radius 1 is 0.963 bits per heavy atom. The highest BCUT2D eigenvalue weighted by atomic mass is 35.5. The predicted octanol–water partition coefficient (Wildman–Crippen LogP) is 4.71. The van der Waals surface area contributed by atoms with E-state index in [-0.39, 0.29) is 18.1 Å². The predicted molar refractivity (Wildman–Crippen MR) is 107 cm³/mol. The van der Waals surface area contributed by atoms with Crippen LogP contribution >= 0.6 is 11.6 Å². The summed E-state index contributed by atoms with van der Waals surface area (Å²) in [7, 11) is 0. The van der Waals surface area contributed by atoms with Crippen molar-refractivity contribution in [2.45, 2.75) is 12.8 Å². The number of aromatic nitrogens is 1. The first kappa shape index (κ1) is 18.9. The SMILES string of the molecule is O=C(Cc1ccc(F)cc1)Nc1ccc(NCCc2ccc(Cl)cc2)cn1. The highest BCUT2D eigenvalue weighted by Crippen LogP contribution is 2.13. The molecule has 0 radical (unpaired) electrons. The van der Waals surface area contributed by atoms with Gasteiger partial charge < -0.3 is 10.6 Å². The number of hydrogen-bond donors (Lipinski definition) is 2. The summed E-state index contributed by atoms with van der Waals surface area (Å²) >= 11 is 5.88. The van der Waals surface area contributed by atoms with Gasteiger partial charge in [0.1, 0.15) is 11.6 Å². The molecule has 4 nitrogen and oxygen atoms in total. The van der Waals surface area contributed by atoms with E-state index >= 15 is 0 Å². The van der Waals surface area contributed by atoms with Crippen LogP contribution in [0.4, 0.5) is 15.9 Å². The fourth-order valence-corrected chi connectivity index (χ4v) is 2.68. The molecule has 0 aliphatic heterocycles. The van der Waals surface area contributed by atoms with E-state index in [2.05, 4.69) is 15.6 Å². The maximum atomic E-state index is 12.9. The molecule has 27 heavy (non-hydrogen) atoms. The van der Waals surface area contributed by atoms with Crippen LogP contribution in [0, 0.1) is 5.82 Å². The summed E-state index contributed by atoms with van der Waals surface area (Å²) in [6.45, 7) is 0.763. The van der Waals surface area contributed by atoms with Crippen LogP contribution in [0.1, 0.15) is 11.1 Å². The van der Waals surface area contributed by atoms with Crippen LogP contribution in [0.2, 0.25) is 5.02 Å². The molecular formula is C21H19ClFN3O. The Balaban J connectivity index is 1.45. The van der Waals surface area contributed by atoms with Crippen molar-refractivity contribution in [1.29, 1.82) is 0 Å². The molecule has 3 aromatic rings. The third-order valence-electron chi connectivity index (χ3n) is 3.96. The van der Waals surface area contributed by atoms with Crippen LogP contribution in [0.5, 0.6) is 0 Å². The number of anilines is 2. The van der Waals surface area contributed by atoms with Crippen molar-refractivity contribution < 1.29 is 9.18 Å². The van der Waals surface area contributed by atoms with Crippen molar-refractivity contribution in [3.63, 3.8) is 0 Å². The molecule has 2 aromatic carbocycles. The van der Waals surface area contributed by atoms with Gasteiger partial charge in [0.25, 0.3) is 0 Å². The minimum atomic E-state index is -0.319. The van der Waals surface area contributed by atoms with Gasteiger partial charge in [0, 0.05) is 11.6 Å². The van der Waals surface area contributed by atoms with E-state index in [1.165, 1.54) is 17.7 Å². The van der Waals surface area contributed by atoms with Gasteiger partial charge >= 0.3 is 0 Å². The van der Waals surface area contributed by atoms with E-state index < -0.39 is 0 Å². The Hall–Kier alpha value is -2.92. The molecule has 0 fully saturated rings. The van der Waals surface area contributed by atoms with Crippen molar-refractivity contribution in [2.24, 2.45) is 0 Å². The summed E-state index contributed by atoms with van der Waals surface area (Å²) in [4.78, 5) is 16.3. The highest BCUT2D eigenvalue weighted by Gasteiger charge is 2.05. The van der Waals surface area contributed by atoms with Crippen molar-refractivity contribution in [3.05, 3.63) is 88.8 Å². The highest BCUT2D eigenvalue weighted by molar-refractivity contribution is 6.30. The Labute approximate surface area is 162 Å². The molecule has 1 amide bonds. The first-order chi connectivity index (χ1) is 13.1. The minimum absolute atomic E-state index is 0.170. The average molecular weight is 384 g/mol. The Morgan fingerprint density at radius 3 is 2.33 bits per heavy atom. The summed E-state index contributed by atoms with van der Waals surface area (Å²) < 4.78 is 12.9. The van der Waals surface area contributed by atoms with Gasteiger partial charge in [0.2, 0.25) is 5.91 Å². The third-order valence-corrected chi connectivity index (χ3v) is 4.22. The monoisotopic (exact) mass is 383 g/mol. The van der Waals surface area contributed by atoms with E-state index in [9.17, 15) is 9.18 Å². The molecule has 6 heteroatoms. The summed E-state index contributed by atoms with van der Waals surface area (Å²) in [5.74, 6) is -0.0390. The Morgan fingerprint density at radius 2 is 1.67 bits per heavy atom. The van der Waals surface area contributed by atoms with Gasteiger partial charge in [0.15, 0.2) is 0 Å². The summed E-state index contributed by atoms with van der Waals surface area (Å²) in [5, 5.41) is 6.75. The van der Waals surface area contributed by atoms with Crippen molar-refractivity contribution in [3.8, 4) is 0 Å². The average Bonchev–Trinajstić information content (AvgIpc) is 2.67. The molecule has 0 spiro atoms. The van der Waals surface area contributed by atoms with Gasteiger partial charge in [-0.15, -0.1) is 0 Å². The molecule has 3 rings (SSSR count). The zero-order valence-corrected chi connectivity index (χ0v) is 15.3. The summed E-state index contributed by atoms with van der Waals surface area (Å²) in [6.07, 6.45) is 2.71. The van der Waals surface area contributed by atoms with E-state index in [0.717, 1.165) is 29.2 Å². The third kappa shape index (κ3) is 6.08. The lowest BCUT2D eigenvalue weighted by atomic mass is 10.1. The van der Waals surface area contributed by atoms with Gasteiger partial charge in [-0.05, 0) is 53.9 Å². The Kier molecular flexibility index (Phi) is 6.39. The molecular weight excluding hydrogens is 365 g/mol. The second kappa shape index (κ2) is 9.14. The number of carbonyl (C=O) groups excluding carboxylic acids is 1. The van der Waals surface area contributed by atoms with E-state index in [1.807, 2.05) is 30.3 Å². The molecule has 138 valence electrons. The van der Waals surface area contributed by atoms with Crippen LogP contribution < -0.4 is 10.6 Å². The lowest BCUT2D eigenvalue weighted by Gasteiger charge is -2.08. The summed E-state index contributed by atoms with van der Waals surface area (Å²) in [5.41, 5.74) is 2.82. The maximum Gasteiger partial charge on any atom is 0.229 e. The van der Waals surface area contributed by atoms with Crippen LogP contribution in [-0.2, 0) is 17.6 Å². The molecule has 0 aliphatic rings. The molecule has 0 saturated heterocycles. The van der Waals surface area contributed by atoms with Gasteiger partial charge in [-0.1, -0.05) is 35.9 Å². The topological polar surface area (TPSA) is 54.0 Å². The number of hydrogen-bond acceptors (Lipinski definition) is 3. The number of pyridine rings is 1. The lowest BCUT2D eigenvalue weighted by Crippen LogP contribution is -2.15. The van der Waals surface area contributed by atoms with Gasteiger partial charge in [-0.25, -0.2) is 9.37 Å². The second-order valence-corrected chi connectivity index (χ2v) is 6.52. The number of benzene rings is 2. The molecule has 2 N–H and O–H groups in total. The molecule has 1 heterocycles. The maximum absolute atomic E-state index is 12.9. The molecule has 0 bridgehead atoms. The first-order valence-corrected chi connectivity index (χ1v) is 8.95. The molecule has 0 aliphatic carbocycles. The number of carbonyl (C=O) groups is 1. The first-order valence-electron chi connectivity index (χ1n) is 8.57. The number of nitrogens with zero attached hydrogens (tertiary/aromatic N) is 1. The largest absolute Gasteiger partial charge is 0.383 e. The number of nitrogens with one attached hydrogen (secondary N) is 2. The van der Waals surface area contributed by atoms with E-state index in [0.29, 0.717) is 5.82 Å². The summed E-state index contributed by atoms with van der Waals surface area (Å²) in [6, 6.07) is 17.2. The van der Waals surface area contributed by atoms with Gasteiger partial charge in [-0.2, -0.15) is 0 Å². The number of rotatable bonds is 7. The van der Waals surface area contributed by atoms with Gasteiger partial charge in [0.05, 0.1) is 18.3 Å². The number of amides is 1.